The van der Waals surface area contributed by atoms with Gasteiger partial charge in [-0.25, -0.2) is 14.3 Å². The molecule has 2 atom stereocenters. The number of nitrogens with zero attached hydrogens (tertiary/aromatic N) is 6. The van der Waals surface area contributed by atoms with Gasteiger partial charge in [-0.1, -0.05) is 18.0 Å². The molecule has 6 rings (SSSR count). The fraction of sp³-hybridized carbons (Fsp3) is 0.233. The van der Waals surface area contributed by atoms with E-state index in [-0.39, 0.29) is 22.9 Å². The number of benzene rings is 2. The predicted octanol–water partition coefficient (Wildman–Crippen LogP) is 5.76. The van der Waals surface area contributed by atoms with E-state index in [0.717, 1.165) is 12.8 Å². The lowest BCUT2D eigenvalue weighted by Gasteiger charge is -2.31. The van der Waals surface area contributed by atoms with E-state index < -0.39 is 22.9 Å². The number of methoxy groups -OCH3 is 1. The van der Waals surface area contributed by atoms with Crippen molar-refractivity contribution in [2.75, 3.05) is 12.4 Å². The SMILES string of the molecule is COc1ccc(Cl)cc1-c1nn([C@@H]2CCCC[C@@H]2OC(=O)c2ccc([N+](=O)[O-])cc2)cc1NC(=O)c1cnn2cccnc12. The van der Waals surface area contributed by atoms with Crippen LogP contribution in [0.25, 0.3) is 16.9 Å². The van der Waals surface area contributed by atoms with E-state index in [9.17, 15) is 19.7 Å². The summed E-state index contributed by atoms with van der Waals surface area (Å²) < 4.78 is 14.7. The Morgan fingerprint density at radius 2 is 1.93 bits per heavy atom. The summed E-state index contributed by atoms with van der Waals surface area (Å²) in [5, 5.41) is 23.5. The standard InChI is InChI=1S/C30H26ClN7O6/c1-43-25-12-9-19(31)15-21(25)27-23(34-29(39)22-16-33-36-14-4-13-32-28(22)36)17-37(35-27)24-5-2-3-6-26(24)44-30(40)18-7-10-20(11-8-18)38(41)42/h4,7-17,24,26H,2-3,5-6H2,1H3,(H,34,39)/t24-,26+/m1/s1. The molecule has 1 aliphatic carbocycles. The molecular weight excluding hydrogens is 590 g/mol. The number of esters is 1. The van der Waals surface area contributed by atoms with Crippen LogP contribution in [-0.2, 0) is 4.74 Å². The predicted molar refractivity (Wildman–Crippen MR) is 160 cm³/mol. The molecule has 3 heterocycles. The van der Waals surface area contributed by atoms with Gasteiger partial charge in [-0.05, 0) is 55.7 Å². The van der Waals surface area contributed by atoms with Crippen molar-refractivity contribution in [3.05, 3.63) is 99.6 Å². The highest BCUT2D eigenvalue weighted by molar-refractivity contribution is 6.31. The van der Waals surface area contributed by atoms with Gasteiger partial charge in [-0.3, -0.25) is 19.6 Å². The lowest BCUT2D eigenvalue weighted by molar-refractivity contribution is -0.384. The molecular formula is C30H26ClN7O6. The van der Waals surface area contributed by atoms with Gasteiger partial charge in [0.05, 0.1) is 35.5 Å². The summed E-state index contributed by atoms with van der Waals surface area (Å²) in [5.41, 5.74) is 2.11. The second-order valence-corrected chi connectivity index (χ2v) is 10.7. The first-order valence-corrected chi connectivity index (χ1v) is 14.2. The molecule has 2 aromatic carbocycles. The van der Waals surface area contributed by atoms with Crippen molar-refractivity contribution in [2.24, 2.45) is 0 Å². The summed E-state index contributed by atoms with van der Waals surface area (Å²) in [5.74, 6) is -0.530. The number of nitrogens with one attached hydrogen (secondary N) is 1. The molecule has 0 bridgehead atoms. The number of hydrogen-bond acceptors (Lipinski definition) is 9. The van der Waals surface area contributed by atoms with Crippen molar-refractivity contribution in [3.8, 4) is 17.0 Å². The van der Waals surface area contributed by atoms with Gasteiger partial charge in [0, 0.05) is 41.3 Å². The number of nitro groups is 1. The molecule has 0 aliphatic heterocycles. The molecule has 0 unspecified atom stereocenters. The number of ether oxygens (including phenoxy) is 2. The number of aromatic nitrogens is 5. The fourth-order valence-electron chi connectivity index (χ4n) is 5.34. The molecule has 1 aliphatic rings. The van der Waals surface area contributed by atoms with E-state index >= 15 is 0 Å². The van der Waals surface area contributed by atoms with Crippen LogP contribution >= 0.6 is 11.6 Å². The average Bonchev–Trinajstić information content (AvgIpc) is 3.66. The third kappa shape index (κ3) is 5.69. The fourth-order valence-corrected chi connectivity index (χ4v) is 5.51. The smallest absolute Gasteiger partial charge is 0.338 e. The summed E-state index contributed by atoms with van der Waals surface area (Å²) in [7, 11) is 1.53. The zero-order chi connectivity index (χ0) is 30.8. The number of hydrogen-bond donors (Lipinski definition) is 1. The number of halogens is 1. The van der Waals surface area contributed by atoms with Crippen molar-refractivity contribution < 1.29 is 24.0 Å². The van der Waals surface area contributed by atoms with Crippen LogP contribution in [0.15, 0.2) is 73.3 Å². The van der Waals surface area contributed by atoms with Gasteiger partial charge in [0.1, 0.15) is 23.1 Å². The Kier molecular flexibility index (Phi) is 7.94. The van der Waals surface area contributed by atoms with Crippen molar-refractivity contribution in [1.82, 2.24) is 24.4 Å². The molecule has 1 fully saturated rings. The summed E-state index contributed by atoms with van der Waals surface area (Å²) in [6, 6.07) is 11.8. The topological polar surface area (TPSA) is 156 Å². The highest BCUT2D eigenvalue weighted by Gasteiger charge is 2.32. The molecule has 1 amide bonds. The van der Waals surface area contributed by atoms with Gasteiger partial charge in [-0.2, -0.15) is 10.2 Å². The van der Waals surface area contributed by atoms with E-state index in [0.29, 0.717) is 46.2 Å². The van der Waals surface area contributed by atoms with Gasteiger partial charge in [-0.15, -0.1) is 0 Å². The molecule has 13 nitrogen and oxygen atoms in total. The molecule has 3 aromatic heterocycles. The van der Waals surface area contributed by atoms with Crippen molar-refractivity contribution in [2.45, 2.75) is 37.8 Å². The van der Waals surface area contributed by atoms with E-state index in [1.807, 2.05) is 0 Å². The Bertz CT molecular complexity index is 1870. The van der Waals surface area contributed by atoms with E-state index in [1.54, 1.807) is 47.5 Å². The van der Waals surface area contributed by atoms with E-state index in [2.05, 4.69) is 15.4 Å². The summed E-state index contributed by atoms with van der Waals surface area (Å²) in [4.78, 5) is 41.3. The molecule has 0 spiro atoms. The largest absolute Gasteiger partial charge is 0.496 e. The number of fused-ring (bicyclic) bond motifs is 1. The minimum absolute atomic E-state index is 0.118. The third-order valence-electron chi connectivity index (χ3n) is 7.50. The summed E-state index contributed by atoms with van der Waals surface area (Å²) in [6.07, 6.45) is 8.86. The van der Waals surface area contributed by atoms with Crippen LogP contribution < -0.4 is 10.1 Å². The molecule has 224 valence electrons. The van der Waals surface area contributed by atoms with E-state index in [1.165, 1.54) is 42.1 Å². The van der Waals surface area contributed by atoms with Crippen LogP contribution in [-0.4, -0.2) is 54.4 Å². The lowest BCUT2D eigenvalue weighted by atomic mass is 9.92. The first kappa shape index (κ1) is 28.8. The molecule has 5 aromatic rings. The summed E-state index contributed by atoms with van der Waals surface area (Å²) >= 11 is 6.36. The van der Waals surface area contributed by atoms with Crippen LogP contribution in [0.2, 0.25) is 5.02 Å². The highest BCUT2D eigenvalue weighted by atomic mass is 35.5. The molecule has 1 saturated carbocycles. The maximum absolute atomic E-state index is 13.5. The van der Waals surface area contributed by atoms with Crippen LogP contribution in [0, 0.1) is 10.1 Å². The van der Waals surface area contributed by atoms with E-state index in [4.69, 9.17) is 26.2 Å². The monoisotopic (exact) mass is 615 g/mol. The highest BCUT2D eigenvalue weighted by Crippen LogP contribution is 2.39. The molecule has 44 heavy (non-hydrogen) atoms. The molecule has 0 radical (unpaired) electrons. The third-order valence-corrected chi connectivity index (χ3v) is 7.74. The zero-order valence-electron chi connectivity index (χ0n) is 23.4. The van der Waals surface area contributed by atoms with Crippen molar-refractivity contribution in [1.29, 1.82) is 0 Å². The Morgan fingerprint density at radius 3 is 2.70 bits per heavy atom. The number of carbonyl (C=O) groups excluding carboxylic acids is 2. The Balaban J connectivity index is 1.34. The van der Waals surface area contributed by atoms with Crippen molar-refractivity contribution >= 4 is 40.5 Å². The number of carbonyl (C=O) groups is 2. The van der Waals surface area contributed by atoms with Crippen LogP contribution in [0.4, 0.5) is 11.4 Å². The number of nitro benzene ring substituents is 1. The number of amides is 1. The molecule has 1 N–H and O–H groups in total. The second kappa shape index (κ2) is 12.1. The first-order chi connectivity index (χ1) is 21.3. The van der Waals surface area contributed by atoms with Crippen molar-refractivity contribution in [3.63, 3.8) is 0 Å². The van der Waals surface area contributed by atoms with Gasteiger partial charge < -0.3 is 14.8 Å². The maximum Gasteiger partial charge on any atom is 0.338 e. The maximum atomic E-state index is 13.5. The van der Waals surface area contributed by atoms with Gasteiger partial charge in [0.2, 0.25) is 0 Å². The minimum atomic E-state index is -0.588. The number of anilines is 1. The van der Waals surface area contributed by atoms with Gasteiger partial charge in [0.25, 0.3) is 11.6 Å². The Morgan fingerprint density at radius 1 is 1.14 bits per heavy atom. The average molecular weight is 616 g/mol. The summed E-state index contributed by atoms with van der Waals surface area (Å²) in [6.45, 7) is 0. The minimum Gasteiger partial charge on any atom is -0.496 e. The van der Waals surface area contributed by atoms with Gasteiger partial charge in [0.15, 0.2) is 5.65 Å². The zero-order valence-corrected chi connectivity index (χ0v) is 24.2. The molecule has 14 heteroatoms. The normalized spacial score (nSPS) is 16.4. The number of non-ortho nitro benzene ring substituents is 1. The second-order valence-electron chi connectivity index (χ2n) is 10.2. The van der Waals surface area contributed by atoms with Crippen LogP contribution in [0.3, 0.4) is 0 Å². The Labute approximate surface area is 255 Å². The van der Waals surface area contributed by atoms with Gasteiger partial charge >= 0.3 is 5.97 Å². The first-order valence-electron chi connectivity index (χ1n) is 13.8. The molecule has 0 saturated heterocycles. The van der Waals surface area contributed by atoms with Crippen LogP contribution in [0.5, 0.6) is 5.75 Å². The number of rotatable bonds is 8. The quantitative estimate of drug-likeness (QED) is 0.130. The lowest BCUT2D eigenvalue weighted by Crippen LogP contribution is -2.32. The Hall–Kier alpha value is -5.30. The van der Waals surface area contributed by atoms with Crippen LogP contribution in [0.1, 0.15) is 52.4 Å².